The summed E-state index contributed by atoms with van der Waals surface area (Å²) in [7, 11) is 0. The quantitative estimate of drug-likeness (QED) is 0.687. The van der Waals surface area contributed by atoms with Crippen LogP contribution in [0.5, 0.6) is 0 Å². The van der Waals surface area contributed by atoms with Crippen molar-refractivity contribution in [2.75, 3.05) is 13.1 Å². The molecule has 1 unspecified atom stereocenters. The molecule has 0 saturated carbocycles. The first kappa shape index (κ1) is 11.9. The van der Waals surface area contributed by atoms with Gasteiger partial charge in [0.2, 0.25) is 0 Å². The van der Waals surface area contributed by atoms with Crippen molar-refractivity contribution in [3.63, 3.8) is 0 Å². The number of aryl methyl sites for hydroxylation is 1. The van der Waals surface area contributed by atoms with Crippen molar-refractivity contribution >= 4 is 0 Å². The third kappa shape index (κ3) is 3.49. The summed E-state index contributed by atoms with van der Waals surface area (Å²) in [5, 5.41) is 7.57. The first-order chi connectivity index (χ1) is 7.17. The summed E-state index contributed by atoms with van der Waals surface area (Å²) in [4.78, 5) is 0. The summed E-state index contributed by atoms with van der Waals surface area (Å²) in [6.07, 6.45) is 3.90. The molecule has 1 aromatic heterocycles. The van der Waals surface area contributed by atoms with Crippen molar-refractivity contribution in [1.29, 1.82) is 0 Å². The van der Waals surface area contributed by atoms with E-state index in [4.69, 9.17) is 5.73 Å². The summed E-state index contributed by atoms with van der Waals surface area (Å²) in [5.74, 6) is 0. The van der Waals surface area contributed by atoms with Gasteiger partial charge in [-0.15, -0.1) is 0 Å². The van der Waals surface area contributed by atoms with E-state index in [0.29, 0.717) is 6.54 Å². The molecule has 1 rings (SSSR count). The molecule has 15 heavy (non-hydrogen) atoms. The predicted octanol–water partition coefficient (Wildman–Crippen LogP) is 1.07. The molecule has 1 heterocycles. The molecule has 1 aromatic rings. The molecule has 3 N–H and O–H groups in total. The number of hydrogen-bond acceptors (Lipinski definition) is 3. The number of hydrogen-bond donors (Lipinski definition) is 2. The van der Waals surface area contributed by atoms with E-state index in [-0.39, 0.29) is 6.04 Å². The fourth-order valence-corrected chi connectivity index (χ4v) is 1.37. The Morgan fingerprint density at radius 1 is 1.73 bits per heavy atom. The topological polar surface area (TPSA) is 55.9 Å². The van der Waals surface area contributed by atoms with E-state index in [1.54, 1.807) is 0 Å². The zero-order chi connectivity index (χ0) is 11.3. The van der Waals surface area contributed by atoms with Crippen molar-refractivity contribution < 1.29 is 0 Å². The Balaban J connectivity index is 2.61. The third-order valence-electron chi connectivity index (χ3n) is 2.27. The van der Waals surface area contributed by atoms with Gasteiger partial charge >= 0.3 is 0 Å². The normalized spacial score (nSPS) is 12.7. The second kappa shape index (κ2) is 5.68. The molecular formula is C11H20N4. The highest BCUT2D eigenvalue weighted by Crippen LogP contribution is 2.10. The van der Waals surface area contributed by atoms with Crippen molar-refractivity contribution in [3.8, 4) is 0 Å². The third-order valence-corrected chi connectivity index (χ3v) is 2.27. The first-order valence-electron chi connectivity index (χ1n) is 5.27. The second-order valence-electron chi connectivity index (χ2n) is 3.76. The summed E-state index contributed by atoms with van der Waals surface area (Å²) >= 11 is 0. The lowest BCUT2D eigenvalue weighted by Gasteiger charge is -2.14. The molecule has 0 aliphatic rings. The van der Waals surface area contributed by atoms with Gasteiger partial charge in [-0.1, -0.05) is 12.2 Å². The lowest BCUT2D eigenvalue weighted by Crippen LogP contribution is -2.29. The highest BCUT2D eigenvalue weighted by molar-refractivity contribution is 5.11. The predicted molar refractivity (Wildman–Crippen MR) is 62.5 cm³/mol. The SMILES string of the molecule is C=C(C)CNC(CN)c1cnn(CC)c1. The van der Waals surface area contributed by atoms with Crippen LogP contribution in [-0.2, 0) is 6.54 Å². The lowest BCUT2D eigenvalue weighted by atomic mass is 10.1. The molecule has 4 nitrogen and oxygen atoms in total. The van der Waals surface area contributed by atoms with Crippen LogP contribution in [0.1, 0.15) is 25.5 Å². The van der Waals surface area contributed by atoms with Crippen LogP contribution in [-0.4, -0.2) is 22.9 Å². The van der Waals surface area contributed by atoms with Gasteiger partial charge in [0.25, 0.3) is 0 Å². The molecule has 84 valence electrons. The number of aromatic nitrogens is 2. The minimum Gasteiger partial charge on any atom is -0.329 e. The van der Waals surface area contributed by atoms with Gasteiger partial charge in [0.1, 0.15) is 0 Å². The highest BCUT2D eigenvalue weighted by Gasteiger charge is 2.10. The fourth-order valence-electron chi connectivity index (χ4n) is 1.37. The zero-order valence-corrected chi connectivity index (χ0v) is 9.53. The maximum absolute atomic E-state index is 5.71. The Hall–Kier alpha value is -1.13. The Bertz CT molecular complexity index is 316. The fraction of sp³-hybridized carbons (Fsp3) is 0.545. The second-order valence-corrected chi connectivity index (χ2v) is 3.76. The largest absolute Gasteiger partial charge is 0.329 e. The minimum atomic E-state index is 0.169. The van der Waals surface area contributed by atoms with Gasteiger partial charge in [0.05, 0.1) is 6.20 Å². The number of nitrogens with zero attached hydrogens (tertiary/aromatic N) is 2. The standard InChI is InChI=1S/C11H20N4/c1-4-15-8-10(7-14-15)11(5-12)13-6-9(2)3/h7-8,11,13H,2,4-6,12H2,1,3H3. The molecule has 1 atom stereocenters. The van der Waals surface area contributed by atoms with E-state index in [0.717, 1.165) is 24.2 Å². The molecule has 0 aliphatic carbocycles. The van der Waals surface area contributed by atoms with Crippen LogP contribution in [0.4, 0.5) is 0 Å². The van der Waals surface area contributed by atoms with Crippen LogP contribution in [0.15, 0.2) is 24.5 Å². The van der Waals surface area contributed by atoms with Gasteiger partial charge in [-0.25, -0.2) is 0 Å². The minimum absolute atomic E-state index is 0.169. The maximum atomic E-state index is 5.71. The zero-order valence-electron chi connectivity index (χ0n) is 9.53. The molecule has 0 spiro atoms. The summed E-state index contributed by atoms with van der Waals surface area (Å²) in [6.45, 7) is 10.2. The van der Waals surface area contributed by atoms with Crippen LogP contribution in [0.3, 0.4) is 0 Å². The van der Waals surface area contributed by atoms with E-state index in [9.17, 15) is 0 Å². The molecule has 4 heteroatoms. The van der Waals surface area contributed by atoms with Crippen molar-refractivity contribution in [3.05, 3.63) is 30.1 Å². The molecule has 0 saturated heterocycles. The lowest BCUT2D eigenvalue weighted by molar-refractivity contribution is 0.568. The van der Waals surface area contributed by atoms with Crippen LogP contribution in [0.25, 0.3) is 0 Å². The van der Waals surface area contributed by atoms with Gasteiger partial charge in [-0.05, 0) is 13.8 Å². The summed E-state index contributed by atoms with van der Waals surface area (Å²) in [6, 6.07) is 0.169. The average Bonchev–Trinajstić information content (AvgIpc) is 2.67. The van der Waals surface area contributed by atoms with Gasteiger partial charge in [-0.2, -0.15) is 5.10 Å². The Labute approximate surface area is 91.2 Å². The van der Waals surface area contributed by atoms with E-state index in [1.165, 1.54) is 0 Å². The number of nitrogens with two attached hydrogens (primary N) is 1. The van der Waals surface area contributed by atoms with Gasteiger partial charge in [-0.3, -0.25) is 4.68 Å². The van der Waals surface area contributed by atoms with Crippen LogP contribution in [0, 0.1) is 0 Å². The Morgan fingerprint density at radius 2 is 2.47 bits per heavy atom. The Morgan fingerprint density at radius 3 is 2.93 bits per heavy atom. The maximum Gasteiger partial charge on any atom is 0.0538 e. The molecule has 0 amide bonds. The first-order valence-corrected chi connectivity index (χ1v) is 5.27. The van der Waals surface area contributed by atoms with Crippen LogP contribution >= 0.6 is 0 Å². The van der Waals surface area contributed by atoms with E-state index < -0.39 is 0 Å². The van der Waals surface area contributed by atoms with Gasteiger partial charge in [0.15, 0.2) is 0 Å². The van der Waals surface area contributed by atoms with Gasteiger partial charge < -0.3 is 11.1 Å². The Kier molecular flexibility index (Phi) is 4.52. The molecule has 0 radical (unpaired) electrons. The molecular weight excluding hydrogens is 188 g/mol. The van der Waals surface area contributed by atoms with Crippen molar-refractivity contribution in [2.24, 2.45) is 5.73 Å². The monoisotopic (exact) mass is 208 g/mol. The number of rotatable bonds is 6. The molecule has 0 aromatic carbocycles. The summed E-state index contributed by atoms with van der Waals surface area (Å²) < 4.78 is 1.90. The van der Waals surface area contributed by atoms with E-state index in [2.05, 4.69) is 23.9 Å². The van der Waals surface area contributed by atoms with Crippen LogP contribution < -0.4 is 11.1 Å². The smallest absolute Gasteiger partial charge is 0.0538 e. The average molecular weight is 208 g/mol. The van der Waals surface area contributed by atoms with Crippen molar-refractivity contribution in [1.82, 2.24) is 15.1 Å². The van der Waals surface area contributed by atoms with Crippen LogP contribution in [0.2, 0.25) is 0 Å². The number of nitrogens with one attached hydrogen (secondary N) is 1. The summed E-state index contributed by atoms with van der Waals surface area (Å²) in [5.41, 5.74) is 7.96. The molecule has 0 fully saturated rings. The highest BCUT2D eigenvalue weighted by atomic mass is 15.3. The molecule has 0 bridgehead atoms. The van der Waals surface area contributed by atoms with E-state index in [1.807, 2.05) is 24.0 Å². The molecule has 0 aliphatic heterocycles. The van der Waals surface area contributed by atoms with E-state index >= 15 is 0 Å². The van der Waals surface area contributed by atoms with Crippen molar-refractivity contribution in [2.45, 2.75) is 26.4 Å². The van der Waals surface area contributed by atoms with Gasteiger partial charge in [0, 0.05) is 37.4 Å².